The molecule has 0 spiro atoms. The van der Waals surface area contributed by atoms with Gasteiger partial charge in [-0.25, -0.2) is 4.98 Å². The second kappa shape index (κ2) is 8.76. The first kappa shape index (κ1) is 19.0. The predicted molar refractivity (Wildman–Crippen MR) is 108 cm³/mol. The number of hydrogen-bond donors (Lipinski definition) is 2. The summed E-state index contributed by atoms with van der Waals surface area (Å²) in [5.74, 6) is -0.0489. The summed E-state index contributed by atoms with van der Waals surface area (Å²) >= 11 is 7.25. The van der Waals surface area contributed by atoms with Gasteiger partial charge in [0.1, 0.15) is 6.07 Å². The van der Waals surface area contributed by atoms with Gasteiger partial charge >= 0.3 is 0 Å². The van der Waals surface area contributed by atoms with Gasteiger partial charge in [0.15, 0.2) is 5.16 Å². The Morgan fingerprint density at radius 3 is 2.81 bits per heavy atom. The maximum Gasteiger partial charge on any atom is 0.234 e. The molecule has 0 aliphatic carbocycles. The molecule has 0 radical (unpaired) electrons. The van der Waals surface area contributed by atoms with Crippen molar-refractivity contribution in [3.8, 4) is 6.07 Å². The third-order valence-electron chi connectivity index (χ3n) is 3.89. The lowest BCUT2D eigenvalue weighted by molar-refractivity contribution is -0.113. The second-order valence-electron chi connectivity index (χ2n) is 5.91. The van der Waals surface area contributed by atoms with Crippen molar-refractivity contribution in [3.05, 3.63) is 76.1 Å². The zero-order valence-corrected chi connectivity index (χ0v) is 16.2. The molecule has 0 aliphatic heterocycles. The number of halogens is 1. The van der Waals surface area contributed by atoms with Crippen molar-refractivity contribution in [1.82, 2.24) is 9.97 Å². The number of aromatic nitrogens is 2. The van der Waals surface area contributed by atoms with Gasteiger partial charge in [0.05, 0.1) is 22.7 Å². The number of nitrogens with zero attached hydrogens (tertiary/aromatic N) is 2. The number of carbonyl (C=O) groups is 1. The number of amides is 1. The number of imidazole rings is 1. The number of H-pyrrole nitrogens is 1. The summed E-state index contributed by atoms with van der Waals surface area (Å²) in [6.07, 6.45) is 0.740. The van der Waals surface area contributed by atoms with E-state index in [2.05, 4.69) is 27.4 Å². The van der Waals surface area contributed by atoms with Gasteiger partial charge in [-0.1, -0.05) is 53.7 Å². The highest BCUT2D eigenvalue weighted by Crippen LogP contribution is 2.22. The Morgan fingerprint density at radius 1 is 1.30 bits per heavy atom. The van der Waals surface area contributed by atoms with E-state index in [1.165, 1.54) is 17.3 Å². The fourth-order valence-corrected chi connectivity index (χ4v) is 3.45. The van der Waals surface area contributed by atoms with Crippen LogP contribution in [0, 0.1) is 18.3 Å². The third kappa shape index (κ3) is 5.13. The number of hydrogen-bond acceptors (Lipinski definition) is 4. The molecule has 2 N–H and O–H groups in total. The molecule has 2 aromatic carbocycles. The van der Waals surface area contributed by atoms with Crippen LogP contribution >= 0.6 is 23.4 Å². The first-order valence-electron chi connectivity index (χ1n) is 8.27. The van der Waals surface area contributed by atoms with Gasteiger partial charge in [-0.2, -0.15) is 5.26 Å². The van der Waals surface area contributed by atoms with Crippen LogP contribution in [0.3, 0.4) is 0 Å². The minimum atomic E-state index is -0.225. The van der Waals surface area contributed by atoms with Crippen LogP contribution in [0.1, 0.15) is 22.5 Å². The molecule has 136 valence electrons. The van der Waals surface area contributed by atoms with E-state index in [0.29, 0.717) is 21.4 Å². The lowest BCUT2D eigenvalue weighted by Gasteiger charge is -2.06. The average molecular weight is 397 g/mol. The van der Waals surface area contributed by atoms with E-state index < -0.39 is 0 Å². The zero-order valence-electron chi connectivity index (χ0n) is 14.6. The van der Waals surface area contributed by atoms with Gasteiger partial charge in [-0.3, -0.25) is 4.79 Å². The normalized spacial score (nSPS) is 10.4. The summed E-state index contributed by atoms with van der Waals surface area (Å²) in [6.45, 7) is 1.97. The van der Waals surface area contributed by atoms with E-state index in [9.17, 15) is 4.79 Å². The van der Waals surface area contributed by atoms with Crippen molar-refractivity contribution in [3.63, 3.8) is 0 Å². The fraction of sp³-hybridized carbons (Fsp3) is 0.150. The molecule has 1 amide bonds. The van der Waals surface area contributed by atoms with E-state index in [4.69, 9.17) is 16.9 Å². The van der Waals surface area contributed by atoms with Crippen LogP contribution in [0.4, 0.5) is 5.69 Å². The van der Waals surface area contributed by atoms with E-state index >= 15 is 0 Å². The highest BCUT2D eigenvalue weighted by molar-refractivity contribution is 7.99. The summed E-state index contributed by atoms with van der Waals surface area (Å²) < 4.78 is 0. The van der Waals surface area contributed by atoms with Crippen LogP contribution in [0.2, 0.25) is 5.02 Å². The van der Waals surface area contributed by atoms with Gasteiger partial charge in [0.25, 0.3) is 0 Å². The zero-order chi connectivity index (χ0) is 19.2. The van der Waals surface area contributed by atoms with Gasteiger partial charge in [-0.05, 0) is 30.7 Å². The topological polar surface area (TPSA) is 81.6 Å². The number of nitrogens with one attached hydrogen (secondary N) is 2. The Labute approximate surface area is 166 Å². The number of thioether (sulfide) groups is 1. The van der Waals surface area contributed by atoms with Gasteiger partial charge < -0.3 is 10.3 Å². The molecular formula is C20H17ClN4OS. The summed E-state index contributed by atoms with van der Waals surface area (Å²) in [5.41, 5.74) is 3.92. The number of aryl methyl sites for hydroxylation is 1. The Hall–Kier alpha value is -2.75. The van der Waals surface area contributed by atoms with E-state index in [0.717, 1.165) is 17.8 Å². The van der Waals surface area contributed by atoms with E-state index in [1.54, 1.807) is 18.2 Å². The Balaban J connectivity index is 1.60. The van der Waals surface area contributed by atoms with E-state index in [1.807, 2.05) is 31.2 Å². The van der Waals surface area contributed by atoms with Crippen molar-refractivity contribution in [2.75, 3.05) is 11.1 Å². The number of anilines is 1. The van der Waals surface area contributed by atoms with Gasteiger partial charge in [0.2, 0.25) is 5.91 Å². The largest absolute Gasteiger partial charge is 0.337 e. The monoisotopic (exact) mass is 396 g/mol. The van der Waals surface area contributed by atoms with Crippen LogP contribution in [-0.2, 0) is 11.2 Å². The van der Waals surface area contributed by atoms with Crippen molar-refractivity contribution in [1.29, 1.82) is 5.26 Å². The molecule has 0 bridgehead atoms. The molecule has 0 aliphatic rings. The number of nitriles is 1. The summed E-state index contributed by atoms with van der Waals surface area (Å²) in [7, 11) is 0. The molecule has 0 atom stereocenters. The molecule has 1 aromatic heterocycles. The minimum absolute atomic E-state index is 0.176. The van der Waals surface area contributed by atoms with Crippen LogP contribution in [0.25, 0.3) is 0 Å². The first-order valence-corrected chi connectivity index (χ1v) is 9.63. The number of aromatic amines is 1. The highest BCUT2D eigenvalue weighted by atomic mass is 35.5. The van der Waals surface area contributed by atoms with Crippen LogP contribution in [-0.4, -0.2) is 21.6 Å². The van der Waals surface area contributed by atoms with Gasteiger partial charge in [0, 0.05) is 17.1 Å². The fourth-order valence-electron chi connectivity index (χ4n) is 2.53. The van der Waals surface area contributed by atoms with Crippen molar-refractivity contribution in [2.45, 2.75) is 18.5 Å². The number of carbonyl (C=O) groups excluding carboxylic acids is 1. The van der Waals surface area contributed by atoms with E-state index in [-0.39, 0.29) is 11.7 Å². The summed E-state index contributed by atoms with van der Waals surface area (Å²) in [6, 6.07) is 16.9. The molecule has 27 heavy (non-hydrogen) atoms. The molecule has 0 saturated carbocycles. The second-order valence-corrected chi connectivity index (χ2v) is 7.32. The third-order valence-corrected chi connectivity index (χ3v) is 5.00. The van der Waals surface area contributed by atoms with Gasteiger partial charge in [-0.15, -0.1) is 0 Å². The predicted octanol–water partition coefficient (Wildman–Crippen LogP) is 4.56. The SMILES string of the molecule is Cc1[nH]c(SCC(=O)Nc2cc(Cl)ccc2C#N)nc1Cc1ccccc1. The Bertz CT molecular complexity index is 995. The molecular weight excluding hydrogens is 380 g/mol. The smallest absolute Gasteiger partial charge is 0.234 e. The standard InChI is InChI=1S/C20H17ClN4OS/c1-13-17(9-14-5-3-2-4-6-14)25-20(23-13)27-12-19(26)24-18-10-16(21)8-7-15(18)11-22/h2-8,10H,9,12H2,1H3,(H,23,25)(H,24,26). The molecule has 0 saturated heterocycles. The maximum absolute atomic E-state index is 12.2. The lowest BCUT2D eigenvalue weighted by atomic mass is 10.1. The minimum Gasteiger partial charge on any atom is -0.337 e. The Morgan fingerprint density at radius 2 is 2.07 bits per heavy atom. The molecule has 1 heterocycles. The quantitative estimate of drug-likeness (QED) is 0.598. The molecule has 5 nitrogen and oxygen atoms in total. The summed E-state index contributed by atoms with van der Waals surface area (Å²) in [5, 5.41) is 13.0. The van der Waals surface area contributed by atoms with Crippen molar-refractivity contribution < 1.29 is 4.79 Å². The van der Waals surface area contributed by atoms with Crippen LogP contribution in [0.5, 0.6) is 0 Å². The molecule has 7 heteroatoms. The van der Waals surface area contributed by atoms with Crippen LogP contribution in [0.15, 0.2) is 53.7 Å². The maximum atomic E-state index is 12.2. The molecule has 3 aromatic rings. The molecule has 0 fully saturated rings. The van der Waals surface area contributed by atoms with Crippen LogP contribution < -0.4 is 5.32 Å². The number of benzene rings is 2. The Kier molecular flexibility index (Phi) is 6.17. The summed E-state index contributed by atoms with van der Waals surface area (Å²) in [4.78, 5) is 20.0. The van der Waals surface area contributed by atoms with Crippen molar-refractivity contribution >= 4 is 35.0 Å². The number of rotatable bonds is 6. The molecule has 3 rings (SSSR count). The highest BCUT2D eigenvalue weighted by Gasteiger charge is 2.12. The molecule has 0 unspecified atom stereocenters. The van der Waals surface area contributed by atoms with Crippen molar-refractivity contribution in [2.24, 2.45) is 0 Å². The first-order chi connectivity index (χ1) is 13.0. The average Bonchev–Trinajstić information content (AvgIpc) is 3.01. The lowest BCUT2D eigenvalue weighted by Crippen LogP contribution is -2.15.